The Kier molecular flexibility index (Phi) is 16.7. The van der Waals surface area contributed by atoms with Gasteiger partial charge >= 0.3 is 0 Å². The Morgan fingerprint density at radius 2 is 1.45 bits per heavy atom. The lowest BCUT2D eigenvalue weighted by atomic mass is 9.98. The number of hydrogen-bond donors (Lipinski definition) is 0. The molecule has 0 bridgehead atoms. The maximum absolute atomic E-state index is 9.22. The molecule has 4 nitrogen and oxygen atoms in total. The van der Waals surface area contributed by atoms with Crippen LogP contribution in [0.2, 0.25) is 0 Å². The minimum atomic E-state index is 0.435. The standard InChI is InChI=1S/C43H53N3O.C2H6/c1-7-10-12-14-15-16-20-29-46(28-19-13-11-8-2)36-26-27-39-40(30-36)47-43-33(5)42(38-23-18-17-22-37(38)41(39)43)45-34(6)35(21-9-3)25-24-32(4)31-44;1-2/h3,17-18,22-27,30H,7-8,10-16,19-21,28-29H2,1-2,4-6H3;1-2H3/b32-24+,35-25+,45-34?;. The second-order valence-corrected chi connectivity index (χ2v) is 12.9. The predicted octanol–water partition coefficient (Wildman–Crippen LogP) is 13.7. The smallest absolute Gasteiger partial charge is 0.141 e. The molecule has 0 N–H and O–H groups in total. The van der Waals surface area contributed by atoms with E-state index in [0.29, 0.717) is 12.0 Å². The molecule has 0 aliphatic rings. The minimum Gasteiger partial charge on any atom is -0.456 e. The van der Waals surface area contributed by atoms with E-state index in [1.807, 2.05) is 26.8 Å². The van der Waals surface area contributed by atoms with E-state index in [1.54, 1.807) is 13.0 Å². The maximum atomic E-state index is 9.22. The van der Waals surface area contributed by atoms with Crippen LogP contribution in [0.3, 0.4) is 0 Å². The Morgan fingerprint density at radius 1 is 0.837 bits per heavy atom. The van der Waals surface area contributed by atoms with Crippen LogP contribution in [0.15, 0.2) is 75.2 Å². The van der Waals surface area contributed by atoms with Crippen molar-refractivity contribution in [1.82, 2.24) is 0 Å². The van der Waals surface area contributed by atoms with Crippen LogP contribution >= 0.6 is 0 Å². The molecule has 0 saturated heterocycles. The van der Waals surface area contributed by atoms with Crippen LogP contribution in [-0.4, -0.2) is 18.8 Å². The summed E-state index contributed by atoms with van der Waals surface area (Å²) in [7, 11) is 0. The van der Waals surface area contributed by atoms with Gasteiger partial charge in [0.25, 0.3) is 0 Å². The summed E-state index contributed by atoms with van der Waals surface area (Å²) in [6.07, 6.45) is 24.1. The van der Waals surface area contributed by atoms with Crippen LogP contribution in [0.4, 0.5) is 11.4 Å². The summed E-state index contributed by atoms with van der Waals surface area (Å²) < 4.78 is 6.74. The van der Waals surface area contributed by atoms with Gasteiger partial charge in [-0.2, -0.15) is 5.26 Å². The molecule has 0 spiro atoms. The lowest BCUT2D eigenvalue weighted by molar-refractivity contribution is 0.575. The van der Waals surface area contributed by atoms with Crippen molar-refractivity contribution in [3.05, 3.63) is 71.3 Å². The molecule has 0 aliphatic heterocycles. The molecule has 260 valence electrons. The van der Waals surface area contributed by atoms with Gasteiger partial charge in [-0.25, -0.2) is 0 Å². The molecule has 4 rings (SSSR count). The van der Waals surface area contributed by atoms with Crippen LogP contribution in [0, 0.1) is 30.6 Å². The molecule has 3 aromatic carbocycles. The van der Waals surface area contributed by atoms with E-state index in [4.69, 9.17) is 15.8 Å². The summed E-state index contributed by atoms with van der Waals surface area (Å²) >= 11 is 0. The molecule has 0 fully saturated rings. The van der Waals surface area contributed by atoms with Crippen molar-refractivity contribution in [3.8, 4) is 18.4 Å². The molecule has 1 heterocycles. The summed E-state index contributed by atoms with van der Waals surface area (Å²) in [6, 6.07) is 17.5. The summed E-state index contributed by atoms with van der Waals surface area (Å²) in [6.45, 7) is 16.6. The number of unbranched alkanes of at least 4 members (excludes halogenated alkanes) is 9. The monoisotopic (exact) mass is 657 g/mol. The van der Waals surface area contributed by atoms with Crippen LogP contribution in [0.5, 0.6) is 0 Å². The Bertz CT molecular complexity index is 1820. The zero-order chi connectivity index (χ0) is 35.6. The van der Waals surface area contributed by atoms with E-state index >= 15 is 0 Å². The molecule has 4 heteroatoms. The average Bonchev–Trinajstić information content (AvgIpc) is 3.52. The number of hydrogen-bond acceptors (Lipinski definition) is 4. The number of benzene rings is 3. The van der Waals surface area contributed by atoms with Gasteiger partial charge in [0.2, 0.25) is 0 Å². The highest BCUT2D eigenvalue weighted by molar-refractivity contribution is 6.23. The van der Waals surface area contributed by atoms with Gasteiger partial charge in [0.1, 0.15) is 11.2 Å². The number of nitrogens with zero attached hydrogens (tertiary/aromatic N) is 3. The van der Waals surface area contributed by atoms with Crippen molar-refractivity contribution in [2.45, 2.75) is 126 Å². The Morgan fingerprint density at radius 3 is 2.08 bits per heavy atom. The van der Waals surface area contributed by atoms with Crippen LogP contribution in [0.25, 0.3) is 32.7 Å². The molecule has 0 saturated carbocycles. The SMILES string of the molecule is C#CC/C(=C\C=C(/C)C#N)C(C)=Nc1c(C)c2oc3cc(N(CCCCCC)CCCCCCCCC)ccc3c2c2ccccc12.CC. The van der Waals surface area contributed by atoms with Gasteiger partial charge in [-0.1, -0.05) is 116 Å². The lowest BCUT2D eigenvalue weighted by Crippen LogP contribution is -2.25. The fourth-order valence-corrected chi connectivity index (χ4v) is 6.45. The zero-order valence-corrected chi connectivity index (χ0v) is 31.4. The topological polar surface area (TPSA) is 52.5 Å². The number of fused-ring (bicyclic) bond motifs is 5. The van der Waals surface area contributed by atoms with E-state index in [1.165, 1.54) is 76.3 Å². The average molecular weight is 658 g/mol. The van der Waals surface area contributed by atoms with E-state index < -0.39 is 0 Å². The number of rotatable bonds is 18. The van der Waals surface area contributed by atoms with Crippen molar-refractivity contribution in [2.24, 2.45) is 4.99 Å². The molecule has 0 aliphatic carbocycles. The van der Waals surface area contributed by atoms with Crippen LogP contribution < -0.4 is 4.90 Å². The minimum absolute atomic E-state index is 0.435. The number of furan rings is 1. The van der Waals surface area contributed by atoms with E-state index in [2.05, 4.69) is 80.1 Å². The third-order valence-electron chi connectivity index (χ3n) is 9.25. The third-order valence-corrected chi connectivity index (χ3v) is 9.25. The molecule has 0 unspecified atom stereocenters. The van der Waals surface area contributed by atoms with E-state index in [0.717, 1.165) is 68.3 Å². The van der Waals surface area contributed by atoms with E-state index in [-0.39, 0.29) is 0 Å². The van der Waals surface area contributed by atoms with E-state index in [9.17, 15) is 5.26 Å². The number of aryl methyl sites for hydroxylation is 1. The molecule has 0 radical (unpaired) electrons. The highest BCUT2D eigenvalue weighted by atomic mass is 16.3. The van der Waals surface area contributed by atoms with Crippen LogP contribution in [0.1, 0.15) is 124 Å². The summed E-state index contributed by atoms with van der Waals surface area (Å²) in [5.41, 5.74) is 7.33. The molecule has 4 aromatic rings. The van der Waals surface area contributed by atoms with Crippen molar-refractivity contribution in [2.75, 3.05) is 18.0 Å². The van der Waals surface area contributed by atoms with Gasteiger partial charge in [-0.15, -0.1) is 12.3 Å². The highest BCUT2D eigenvalue weighted by Crippen LogP contribution is 2.43. The second kappa shape index (κ2) is 20.9. The summed E-state index contributed by atoms with van der Waals surface area (Å²) in [5, 5.41) is 13.7. The highest BCUT2D eigenvalue weighted by Gasteiger charge is 2.19. The fraction of sp³-hybridized carbons (Fsp3) is 0.467. The van der Waals surface area contributed by atoms with Gasteiger partial charge in [0, 0.05) is 64.3 Å². The van der Waals surface area contributed by atoms with Crippen molar-refractivity contribution in [3.63, 3.8) is 0 Å². The quantitative estimate of drug-likeness (QED) is 0.0352. The molecule has 49 heavy (non-hydrogen) atoms. The van der Waals surface area contributed by atoms with Gasteiger partial charge < -0.3 is 9.32 Å². The molecular formula is C45H59N3O. The van der Waals surface area contributed by atoms with Gasteiger partial charge in [-0.3, -0.25) is 4.99 Å². The summed E-state index contributed by atoms with van der Waals surface area (Å²) in [4.78, 5) is 7.75. The largest absolute Gasteiger partial charge is 0.456 e. The molecule has 1 aromatic heterocycles. The first-order chi connectivity index (χ1) is 23.9. The number of anilines is 1. The molecule has 0 amide bonds. The predicted molar refractivity (Wildman–Crippen MR) is 215 cm³/mol. The van der Waals surface area contributed by atoms with Crippen molar-refractivity contribution >= 4 is 49.8 Å². The van der Waals surface area contributed by atoms with Gasteiger partial charge in [0.05, 0.1) is 11.8 Å². The first-order valence-electron chi connectivity index (χ1n) is 18.8. The Hall–Kier alpha value is -4.28. The number of aliphatic imine (C=N–C) groups is 1. The second-order valence-electron chi connectivity index (χ2n) is 12.9. The number of terminal acetylenes is 1. The zero-order valence-electron chi connectivity index (χ0n) is 31.4. The normalized spacial score (nSPS) is 12.2. The van der Waals surface area contributed by atoms with Gasteiger partial charge in [0.15, 0.2) is 0 Å². The van der Waals surface area contributed by atoms with Crippen molar-refractivity contribution in [1.29, 1.82) is 5.26 Å². The number of nitriles is 1. The lowest BCUT2D eigenvalue weighted by Gasteiger charge is -2.25. The fourth-order valence-electron chi connectivity index (χ4n) is 6.45. The molecular weight excluding hydrogens is 599 g/mol. The Labute approximate surface area is 297 Å². The third kappa shape index (κ3) is 10.6. The summed E-state index contributed by atoms with van der Waals surface area (Å²) in [5.74, 6) is 2.75. The van der Waals surface area contributed by atoms with Gasteiger partial charge in [-0.05, 0) is 62.8 Å². The number of allylic oxidation sites excluding steroid dienone is 4. The van der Waals surface area contributed by atoms with Crippen molar-refractivity contribution < 1.29 is 4.42 Å². The first kappa shape index (κ1) is 39.2. The van der Waals surface area contributed by atoms with Crippen LogP contribution in [-0.2, 0) is 0 Å². The molecule has 0 atom stereocenters. The Balaban J connectivity index is 0.00000319. The first-order valence-corrected chi connectivity index (χ1v) is 18.8. The maximum Gasteiger partial charge on any atom is 0.141 e.